The van der Waals surface area contributed by atoms with Crippen molar-refractivity contribution < 1.29 is 33.6 Å². The SMILES string of the molecule is COC(=O)[C@H]1O[C@H](OC)[C@H](O)[C@H]2OC(C)(C)O[C@H]21. The second-order valence-electron chi connectivity index (χ2n) is 4.74. The number of carbonyl (C=O) groups excluding carboxylic acids is 1. The van der Waals surface area contributed by atoms with Crippen LogP contribution in [0.5, 0.6) is 0 Å². The maximum Gasteiger partial charge on any atom is 0.337 e. The molecule has 7 nitrogen and oxygen atoms in total. The molecule has 2 saturated heterocycles. The molecule has 2 heterocycles. The van der Waals surface area contributed by atoms with E-state index in [2.05, 4.69) is 4.74 Å². The Morgan fingerprint density at radius 1 is 1.22 bits per heavy atom. The summed E-state index contributed by atoms with van der Waals surface area (Å²) in [5.41, 5.74) is 0. The molecule has 0 aromatic carbocycles. The molecule has 2 aliphatic heterocycles. The van der Waals surface area contributed by atoms with Crippen LogP contribution in [0.15, 0.2) is 0 Å². The topological polar surface area (TPSA) is 83.5 Å². The number of ether oxygens (including phenoxy) is 5. The van der Waals surface area contributed by atoms with E-state index in [0.29, 0.717) is 0 Å². The van der Waals surface area contributed by atoms with Gasteiger partial charge in [-0.25, -0.2) is 4.79 Å². The van der Waals surface area contributed by atoms with Crippen LogP contribution in [0.3, 0.4) is 0 Å². The third-order valence-electron chi connectivity index (χ3n) is 3.02. The fraction of sp³-hybridized carbons (Fsp3) is 0.909. The first kappa shape index (κ1) is 13.7. The van der Waals surface area contributed by atoms with E-state index in [-0.39, 0.29) is 0 Å². The van der Waals surface area contributed by atoms with E-state index in [0.717, 1.165) is 0 Å². The number of methoxy groups -OCH3 is 2. The van der Waals surface area contributed by atoms with Crippen LogP contribution in [-0.4, -0.2) is 61.8 Å². The van der Waals surface area contributed by atoms with E-state index >= 15 is 0 Å². The molecule has 0 bridgehead atoms. The van der Waals surface area contributed by atoms with Gasteiger partial charge in [-0.2, -0.15) is 0 Å². The number of aliphatic hydroxyl groups is 1. The quantitative estimate of drug-likeness (QED) is 0.666. The second kappa shape index (κ2) is 4.75. The van der Waals surface area contributed by atoms with Crippen molar-refractivity contribution in [3.63, 3.8) is 0 Å². The van der Waals surface area contributed by atoms with Crippen LogP contribution < -0.4 is 0 Å². The molecule has 1 N–H and O–H groups in total. The summed E-state index contributed by atoms with van der Waals surface area (Å²) >= 11 is 0. The molecule has 104 valence electrons. The van der Waals surface area contributed by atoms with Gasteiger partial charge < -0.3 is 28.8 Å². The van der Waals surface area contributed by atoms with Crippen LogP contribution in [0.2, 0.25) is 0 Å². The van der Waals surface area contributed by atoms with Crippen LogP contribution in [-0.2, 0) is 28.5 Å². The monoisotopic (exact) mass is 262 g/mol. The Morgan fingerprint density at radius 2 is 1.83 bits per heavy atom. The van der Waals surface area contributed by atoms with Crippen molar-refractivity contribution >= 4 is 5.97 Å². The molecular weight excluding hydrogens is 244 g/mol. The lowest BCUT2D eigenvalue weighted by molar-refractivity contribution is -0.269. The lowest BCUT2D eigenvalue weighted by Crippen LogP contribution is -2.59. The van der Waals surface area contributed by atoms with Gasteiger partial charge in [-0.05, 0) is 13.8 Å². The van der Waals surface area contributed by atoms with Gasteiger partial charge in [0.1, 0.15) is 18.3 Å². The molecule has 0 aliphatic carbocycles. The van der Waals surface area contributed by atoms with E-state index in [4.69, 9.17) is 18.9 Å². The standard InChI is InChI=1S/C11H18O7/c1-11(2)17-6-5(12)10(15-4)16-8(7(6)18-11)9(13)14-3/h5-8,10,12H,1-4H3/t5-,6-,7-,8+,10+/m1/s1. The summed E-state index contributed by atoms with van der Waals surface area (Å²) in [5.74, 6) is -1.48. The second-order valence-corrected chi connectivity index (χ2v) is 4.74. The average molecular weight is 262 g/mol. The summed E-state index contributed by atoms with van der Waals surface area (Å²) in [6, 6.07) is 0. The molecule has 0 saturated carbocycles. The highest BCUT2D eigenvalue weighted by atomic mass is 16.8. The van der Waals surface area contributed by atoms with E-state index in [1.165, 1.54) is 14.2 Å². The lowest BCUT2D eigenvalue weighted by atomic mass is 9.99. The van der Waals surface area contributed by atoms with Crippen LogP contribution in [0.4, 0.5) is 0 Å². The molecule has 0 amide bonds. The number of esters is 1. The molecule has 2 rings (SSSR count). The Bertz CT molecular complexity index is 329. The van der Waals surface area contributed by atoms with Gasteiger partial charge in [0.25, 0.3) is 0 Å². The first-order chi connectivity index (χ1) is 8.39. The van der Waals surface area contributed by atoms with Gasteiger partial charge in [-0.15, -0.1) is 0 Å². The lowest BCUT2D eigenvalue weighted by Gasteiger charge is -2.37. The summed E-state index contributed by atoms with van der Waals surface area (Å²) in [6.07, 6.45) is -4.36. The molecule has 7 heteroatoms. The largest absolute Gasteiger partial charge is 0.467 e. The zero-order chi connectivity index (χ0) is 13.5. The minimum absolute atomic E-state index is 0.583. The molecule has 0 radical (unpaired) electrons. The molecule has 0 aromatic rings. The normalized spacial score (nSPS) is 42.4. The maximum absolute atomic E-state index is 11.7. The third-order valence-corrected chi connectivity index (χ3v) is 3.02. The van der Waals surface area contributed by atoms with Crippen LogP contribution in [0, 0.1) is 0 Å². The predicted octanol–water partition coefficient (Wildman–Crippen LogP) is -0.588. The Labute approximate surface area is 105 Å². The molecule has 2 aliphatic rings. The molecule has 0 aromatic heterocycles. The van der Waals surface area contributed by atoms with E-state index in [1.54, 1.807) is 13.8 Å². The number of fused-ring (bicyclic) bond motifs is 1. The van der Waals surface area contributed by atoms with Crippen molar-refractivity contribution in [1.82, 2.24) is 0 Å². The van der Waals surface area contributed by atoms with Gasteiger partial charge in [-0.1, -0.05) is 0 Å². The molecule has 0 unspecified atom stereocenters. The highest BCUT2D eigenvalue weighted by Crippen LogP contribution is 2.37. The fourth-order valence-electron chi connectivity index (χ4n) is 2.27. The fourth-order valence-corrected chi connectivity index (χ4v) is 2.27. The molecule has 0 spiro atoms. The average Bonchev–Trinajstić information content (AvgIpc) is 2.65. The predicted molar refractivity (Wildman–Crippen MR) is 57.5 cm³/mol. The Morgan fingerprint density at radius 3 is 2.39 bits per heavy atom. The minimum atomic E-state index is -1.03. The molecular formula is C11H18O7. The summed E-state index contributed by atoms with van der Waals surface area (Å²) in [7, 11) is 2.64. The first-order valence-electron chi connectivity index (χ1n) is 5.69. The highest BCUT2D eigenvalue weighted by Gasteiger charge is 2.57. The third kappa shape index (κ3) is 2.24. The van der Waals surface area contributed by atoms with Crippen molar-refractivity contribution in [2.45, 2.75) is 50.3 Å². The summed E-state index contributed by atoms with van der Waals surface area (Å²) < 4.78 is 26.2. The smallest absolute Gasteiger partial charge is 0.337 e. The van der Waals surface area contributed by atoms with Crippen molar-refractivity contribution in [3.8, 4) is 0 Å². The van der Waals surface area contributed by atoms with E-state index < -0.39 is 42.5 Å². The van der Waals surface area contributed by atoms with Crippen molar-refractivity contribution in [2.24, 2.45) is 0 Å². The maximum atomic E-state index is 11.7. The van der Waals surface area contributed by atoms with Crippen LogP contribution in [0.25, 0.3) is 0 Å². The molecule has 18 heavy (non-hydrogen) atoms. The Hall–Kier alpha value is -0.730. The highest BCUT2D eigenvalue weighted by molar-refractivity contribution is 5.75. The zero-order valence-corrected chi connectivity index (χ0v) is 10.8. The number of hydrogen-bond donors (Lipinski definition) is 1. The van der Waals surface area contributed by atoms with Gasteiger partial charge in [0.05, 0.1) is 7.11 Å². The number of rotatable bonds is 2. The van der Waals surface area contributed by atoms with E-state index in [9.17, 15) is 9.90 Å². The zero-order valence-electron chi connectivity index (χ0n) is 10.8. The minimum Gasteiger partial charge on any atom is -0.467 e. The Balaban J connectivity index is 2.24. The van der Waals surface area contributed by atoms with Crippen molar-refractivity contribution in [1.29, 1.82) is 0 Å². The van der Waals surface area contributed by atoms with Gasteiger partial charge in [0.2, 0.25) is 0 Å². The molecule has 5 atom stereocenters. The Kier molecular flexibility index (Phi) is 3.61. The van der Waals surface area contributed by atoms with Gasteiger partial charge in [0, 0.05) is 7.11 Å². The summed E-state index contributed by atoms with van der Waals surface area (Å²) in [4.78, 5) is 11.7. The van der Waals surface area contributed by atoms with Crippen LogP contribution in [0.1, 0.15) is 13.8 Å². The van der Waals surface area contributed by atoms with Gasteiger partial charge in [0.15, 0.2) is 18.2 Å². The summed E-state index contributed by atoms with van der Waals surface area (Å²) in [6.45, 7) is 3.41. The number of aliphatic hydroxyl groups excluding tert-OH is 1. The van der Waals surface area contributed by atoms with Gasteiger partial charge >= 0.3 is 5.97 Å². The summed E-state index contributed by atoms with van der Waals surface area (Å²) in [5, 5.41) is 10.0. The first-order valence-corrected chi connectivity index (χ1v) is 5.69. The molecule has 2 fully saturated rings. The number of carbonyl (C=O) groups is 1. The number of hydrogen-bond acceptors (Lipinski definition) is 7. The van der Waals surface area contributed by atoms with Crippen molar-refractivity contribution in [2.75, 3.05) is 14.2 Å². The van der Waals surface area contributed by atoms with Crippen LogP contribution >= 0.6 is 0 Å². The van der Waals surface area contributed by atoms with E-state index in [1.807, 2.05) is 0 Å². The van der Waals surface area contributed by atoms with Gasteiger partial charge in [-0.3, -0.25) is 0 Å². The van der Waals surface area contributed by atoms with Crippen molar-refractivity contribution in [3.05, 3.63) is 0 Å².